The monoisotopic (exact) mass is 296 g/mol. The topological polar surface area (TPSA) is 69.6 Å². The van der Waals surface area contributed by atoms with E-state index in [1.165, 1.54) is 0 Å². The summed E-state index contributed by atoms with van der Waals surface area (Å²) in [6.07, 6.45) is -3.76. The molecule has 0 spiro atoms. The first-order valence-electron chi connectivity index (χ1n) is 6.54. The summed E-state index contributed by atoms with van der Waals surface area (Å²) in [7, 11) is 0. The van der Waals surface area contributed by atoms with Gasteiger partial charge in [-0.25, -0.2) is 4.79 Å². The molecule has 8 heteroatoms. The number of nitrogens with one attached hydrogen (secondary N) is 1. The van der Waals surface area contributed by atoms with Crippen molar-refractivity contribution in [3.05, 3.63) is 0 Å². The molecule has 1 aliphatic heterocycles. The number of alkyl halides is 3. The van der Waals surface area contributed by atoms with E-state index in [-0.39, 0.29) is 31.8 Å². The van der Waals surface area contributed by atoms with Gasteiger partial charge in [-0.2, -0.15) is 13.2 Å². The van der Waals surface area contributed by atoms with Gasteiger partial charge in [0, 0.05) is 25.6 Å². The second-order valence-electron chi connectivity index (χ2n) is 5.11. The molecule has 2 amide bonds. The molecule has 0 aromatic heterocycles. The third kappa shape index (κ3) is 5.26. The zero-order valence-electron chi connectivity index (χ0n) is 11.2. The maximum Gasteiger partial charge on any atom is 0.393 e. The molecule has 1 saturated heterocycles. The van der Waals surface area contributed by atoms with Crippen molar-refractivity contribution in [3.63, 3.8) is 0 Å². The van der Waals surface area contributed by atoms with Gasteiger partial charge < -0.3 is 15.3 Å². The summed E-state index contributed by atoms with van der Waals surface area (Å²) >= 11 is 0. The quantitative estimate of drug-likeness (QED) is 0.835. The van der Waals surface area contributed by atoms with E-state index in [4.69, 9.17) is 5.11 Å². The Morgan fingerprint density at radius 2 is 2.10 bits per heavy atom. The summed E-state index contributed by atoms with van der Waals surface area (Å²) in [5, 5.41) is 11.1. The fourth-order valence-corrected chi connectivity index (χ4v) is 2.14. The minimum absolute atomic E-state index is 0.0435. The minimum atomic E-state index is -4.28. The van der Waals surface area contributed by atoms with E-state index in [1.54, 1.807) is 6.92 Å². The van der Waals surface area contributed by atoms with Crippen LogP contribution in [0.5, 0.6) is 0 Å². The molecule has 1 heterocycles. The maximum atomic E-state index is 12.6. The average Bonchev–Trinajstić information content (AvgIpc) is 2.35. The van der Waals surface area contributed by atoms with Gasteiger partial charge in [-0.05, 0) is 26.2 Å². The van der Waals surface area contributed by atoms with E-state index in [9.17, 15) is 22.8 Å². The number of carbonyl (C=O) groups excluding carboxylic acids is 1. The molecule has 116 valence electrons. The van der Waals surface area contributed by atoms with Gasteiger partial charge in [0.2, 0.25) is 0 Å². The lowest BCUT2D eigenvalue weighted by Crippen LogP contribution is -2.50. The van der Waals surface area contributed by atoms with Crippen molar-refractivity contribution in [2.75, 3.05) is 13.1 Å². The third-order valence-corrected chi connectivity index (χ3v) is 3.33. The number of halogens is 3. The van der Waals surface area contributed by atoms with Gasteiger partial charge in [-0.15, -0.1) is 0 Å². The van der Waals surface area contributed by atoms with Crippen molar-refractivity contribution >= 4 is 12.0 Å². The van der Waals surface area contributed by atoms with E-state index in [0.29, 0.717) is 13.0 Å². The molecule has 1 fully saturated rings. The van der Waals surface area contributed by atoms with Crippen LogP contribution in [0.3, 0.4) is 0 Å². The molecule has 0 radical (unpaired) electrons. The second kappa shape index (κ2) is 6.81. The minimum Gasteiger partial charge on any atom is -0.481 e. The van der Waals surface area contributed by atoms with Crippen LogP contribution in [0.2, 0.25) is 0 Å². The Hall–Kier alpha value is -1.47. The number of likely N-dealkylation sites (tertiary alicyclic amines) is 1. The second-order valence-corrected chi connectivity index (χ2v) is 5.11. The highest BCUT2D eigenvalue weighted by molar-refractivity contribution is 5.74. The lowest BCUT2D eigenvalue weighted by atomic mass is 9.98. The third-order valence-electron chi connectivity index (χ3n) is 3.33. The fraction of sp³-hybridized carbons (Fsp3) is 0.833. The predicted octanol–water partition coefficient (Wildman–Crippen LogP) is 2.22. The van der Waals surface area contributed by atoms with Gasteiger partial charge in [-0.1, -0.05) is 0 Å². The number of carbonyl (C=O) groups is 2. The molecule has 0 aromatic carbocycles. The van der Waals surface area contributed by atoms with Crippen LogP contribution in [0.15, 0.2) is 0 Å². The molecule has 0 bridgehead atoms. The van der Waals surface area contributed by atoms with Gasteiger partial charge in [0.25, 0.3) is 0 Å². The number of hydrogen-bond acceptors (Lipinski definition) is 2. The average molecular weight is 296 g/mol. The maximum absolute atomic E-state index is 12.6. The molecule has 2 atom stereocenters. The molecule has 1 aliphatic rings. The molecule has 20 heavy (non-hydrogen) atoms. The van der Waals surface area contributed by atoms with E-state index in [0.717, 1.165) is 4.90 Å². The smallest absolute Gasteiger partial charge is 0.393 e. The number of rotatable bonds is 4. The number of carboxylic acid groups (broad SMARTS) is 1. The highest BCUT2D eigenvalue weighted by Gasteiger charge is 2.42. The Balaban J connectivity index is 2.44. The van der Waals surface area contributed by atoms with Crippen molar-refractivity contribution in [3.8, 4) is 0 Å². The summed E-state index contributed by atoms with van der Waals surface area (Å²) in [6, 6.07) is -0.943. The lowest BCUT2D eigenvalue weighted by molar-refractivity contribution is -0.184. The zero-order valence-corrected chi connectivity index (χ0v) is 11.2. The summed E-state index contributed by atoms with van der Waals surface area (Å²) in [4.78, 5) is 23.4. The largest absolute Gasteiger partial charge is 0.481 e. The molecule has 5 nitrogen and oxygen atoms in total. The van der Waals surface area contributed by atoms with Gasteiger partial charge >= 0.3 is 18.2 Å². The van der Waals surface area contributed by atoms with Crippen LogP contribution in [-0.2, 0) is 4.79 Å². The molecule has 0 saturated carbocycles. The SMILES string of the molecule is CC(CCC(=O)O)NC(=O)N1CCCC(C(F)(F)F)C1. The molecule has 2 unspecified atom stereocenters. The van der Waals surface area contributed by atoms with Crippen LogP contribution in [0.25, 0.3) is 0 Å². The van der Waals surface area contributed by atoms with Gasteiger partial charge in [0.1, 0.15) is 0 Å². The normalized spacial score (nSPS) is 21.4. The molecule has 2 N–H and O–H groups in total. The zero-order chi connectivity index (χ0) is 15.3. The number of amides is 2. The van der Waals surface area contributed by atoms with Crippen LogP contribution < -0.4 is 5.32 Å². The van der Waals surface area contributed by atoms with E-state index >= 15 is 0 Å². The van der Waals surface area contributed by atoms with Crippen molar-refractivity contribution in [2.24, 2.45) is 5.92 Å². The Bertz CT molecular complexity index is 360. The van der Waals surface area contributed by atoms with Crippen molar-refractivity contribution in [1.29, 1.82) is 0 Å². The molecular weight excluding hydrogens is 277 g/mol. The first-order valence-corrected chi connectivity index (χ1v) is 6.54. The molecule has 0 aliphatic carbocycles. The molecular formula is C12H19F3N2O3. The predicted molar refractivity (Wildman–Crippen MR) is 65.2 cm³/mol. The summed E-state index contributed by atoms with van der Waals surface area (Å²) in [6.45, 7) is 1.59. The van der Waals surface area contributed by atoms with Crippen LogP contribution in [-0.4, -0.2) is 47.3 Å². The van der Waals surface area contributed by atoms with Crippen LogP contribution in [0.4, 0.5) is 18.0 Å². The summed E-state index contributed by atoms with van der Waals surface area (Å²) in [5.74, 6) is -2.45. The van der Waals surface area contributed by atoms with E-state index in [1.807, 2.05) is 0 Å². The van der Waals surface area contributed by atoms with E-state index in [2.05, 4.69) is 5.32 Å². The van der Waals surface area contributed by atoms with Crippen molar-refractivity contribution < 1.29 is 27.9 Å². The summed E-state index contributed by atoms with van der Waals surface area (Å²) in [5.41, 5.74) is 0. The van der Waals surface area contributed by atoms with Crippen LogP contribution in [0.1, 0.15) is 32.6 Å². The van der Waals surface area contributed by atoms with Crippen LogP contribution in [0, 0.1) is 5.92 Å². The Morgan fingerprint density at radius 3 is 2.65 bits per heavy atom. The van der Waals surface area contributed by atoms with Gasteiger partial charge in [0.05, 0.1) is 5.92 Å². The molecule has 0 aromatic rings. The number of carboxylic acids is 1. The van der Waals surface area contributed by atoms with Gasteiger partial charge in [0.15, 0.2) is 0 Å². The van der Waals surface area contributed by atoms with Gasteiger partial charge in [-0.3, -0.25) is 4.79 Å². The Labute approximate surface area is 115 Å². The number of hydrogen-bond donors (Lipinski definition) is 2. The fourth-order valence-electron chi connectivity index (χ4n) is 2.14. The standard InChI is InChI=1S/C12H19F3N2O3/c1-8(4-5-10(18)19)16-11(20)17-6-2-3-9(7-17)12(13,14)15/h8-9H,2-7H2,1H3,(H,16,20)(H,18,19). The highest BCUT2D eigenvalue weighted by atomic mass is 19.4. The highest BCUT2D eigenvalue weighted by Crippen LogP contribution is 2.33. The summed E-state index contributed by atoms with van der Waals surface area (Å²) < 4.78 is 37.9. The van der Waals surface area contributed by atoms with E-state index < -0.39 is 24.1 Å². The number of nitrogens with zero attached hydrogens (tertiary/aromatic N) is 1. The molecule has 1 rings (SSSR count). The van der Waals surface area contributed by atoms with Crippen molar-refractivity contribution in [1.82, 2.24) is 10.2 Å². The number of urea groups is 1. The van der Waals surface area contributed by atoms with Crippen LogP contribution >= 0.6 is 0 Å². The Morgan fingerprint density at radius 1 is 1.45 bits per heavy atom. The number of piperidine rings is 1. The first kappa shape index (κ1) is 16.6. The Kier molecular flexibility index (Phi) is 5.64. The lowest BCUT2D eigenvalue weighted by Gasteiger charge is -2.34. The number of aliphatic carboxylic acids is 1. The first-order chi connectivity index (χ1) is 9.20. The van der Waals surface area contributed by atoms with Crippen molar-refractivity contribution in [2.45, 2.75) is 44.8 Å².